The standard InChI is InChI=1S/C4H8O4/c5-1-3(7)4(8)2-6/h1,3-4,6-8H,2H2/t3-,4-/m0/s1/i1D,3D,4D. The zero-order valence-electron chi connectivity index (χ0n) is 6.96. The van der Waals surface area contributed by atoms with Gasteiger partial charge in [-0.05, 0) is 0 Å². The van der Waals surface area contributed by atoms with Gasteiger partial charge in [0.2, 0.25) is 0 Å². The molecule has 0 aromatic carbocycles. The van der Waals surface area contributed by atoms with Gasteiger partial charge >= 0.3 is 0 Å². The maximum atomic E-state index is 10.1. The van der Waals surface area contributed by atoms with Crippen molar-refractivity contribution in [2.75, 3.05) is 6.61 Å². The predicted octanol–water partition coefficient (Wildman–Crippen LogP) is -2.10. The predicted molar refractivity (Wildman–Crippen MR) is 25.2 cm³/mol. The molecule has 0 saturated carbocycles. The van der Waals surface area contributed by atoms with Crippen molar-refractivity contribution in [2.24, 2.45) is 0 Å². The molecule has 0 aromatic heterocycles. The molecular weight excluding hydrogens is 112 g/mol. The van der Waals surface area contributed by atoms with Gasteiger partial charge in [0.1, 0.15) is 13.5 Å². The van der Waals surface area contributed by atoms with Crippen LogP contribution in [0.25, 0.3) is 0 Å². The molecule has 4 nitrogen and oxygen atoms in total. The van der Waals surface area contributed by atoms with E-state index in [0.29, 0.717) is 0 Å². The third-order valence-corrected chi connectivity index (χ3v) is 0.520. The maximum Gasteiger partial charge on any atom is 0.151 e. The molecule has 0 spiro atoms. The lowest BCUT2D eigenvalue weighted by Gasteiger charge is -2.06. The minimum Gasteiger partial charge on any atom is -0.394 e. The normalized spacial score (nSPS) is 30.6. The van der Waals surface area contributed by atoms with Crippen LogP contribution in [0.1, 0.15) is 4.11 Å². The highest BCUT2D eigenvalue weighted by molar-refractivity contribution is 5.56. The van der Waals surface area contributed by atoms with Crippen molar-refractivity contribution in [1.29, 1.82) is 0 Å². The number of aliphatic hydroxyl groups is 3. The number of carbonyl (C=O) groups is 1. The second kappa shape index (κ2) is 3.54. The van der Waals surface area contributed by atoms with Crippen molar-refractivity contribution in [3.05, 3.63) is 0 Å². The fourth-order valence-corrected chi connectivity index (χ4v) is 0.134. The Bertz CT molecular complexity index is 167. The molecule has 0 aliphatic carbocycles. The lowest BCUT2D eigenvalue weighted by Crippen LogP contribution is -2.30. The first-order valence-electron chi connectivity index (χ1n) is 3.32. The molecule has 0 rings (SSSR count). The van der Waals surface area contributed by atoms with E-state index in [4.69, 9.17) is 19.4 Å². The van der Waals surface area contributed by atoms with Crippen molar-refractivity contribution >= 4 is 6.26 Å². The Hall–Kier alpha value is -0.450. The molecule has 2 atom stereocenters. The molecule has 4 heteroatoms. The smallest absolute Gasteiger partial charge is 0.151 e. The Morgan fingerprint density at radius 2 is 2.38 bits per heavy atom. The van der Waals surface area contributed by atoms with Crippen molar-refractivity contribution in [3.8, 4) is 0 Å². The van der Waals surface area contributed by atoms with Crippen LogP contribution >= 0.6 is 0 Å². The fourth-order valence-electron chi connectivity index (χ4n) is 0.134. The van der Waals surface area contributed by atoms with Crippen LogP contribution in [0, 0.1) is 0 Å². The SMILES string of the molecule is [2H]C(=O)[C@]([2H])(O)[C@@]([2H])(O)CO. The van der Waals surface area contributed by atoms with Crippen LogP contribution < -0.4 is 0 Å². The van der Waals surface area contributed by atoms with E-state index in [1.807, 2.05) is 0 Å². The molecule has 48 valence electrons. The van der Waals surface area contributed by atoms with Gasteiger partial charge in [-0.3, -0.25) is 0 Å². The summed E-state index contributed by atoms with van der Waals surface area (Å²) >= 11 is 0. The van der Waals surface area contributed by atoms with E-state index in [1.54, 1.807) is 0 Å². The number of rotatable bonds is 3. The minimum atomic E-state index is -3.30. The zero-order chi connectivity index (χ0) is 9.28. The topological polar surface area (TPSA) is 77.8 Å². The molecule has 0 saturated heterocycles. The van der Waals surface area contributed by atoms with Gasteiger partial charge in [0.15, 0.2) is 6.26 Å². The minimum absolute atomic E-state index is 1.29. The van der Waals surface area contributed by atoms with Crippen LogP contribution in [-0.2, 0) is 4.79 Å². The molecule has 0 unspecified atom stereocenters. The zero-order valence-corrected chi connectivity index (χ0v) is 3.96. The number of aliphatic hydroxyl groups excluding tert-OH is 1. The van der Waals surface area contributed by atoms with Gasteiger partial charge in [-0.15, -0.1) is 0 Å². The van der Waals surface area contributed by atoms with Crippen LogP contribution in [0.3, 0.4) is 0 Å². The fraction of sp³-hybridized carbons (Fsp3) is 0.750. The molecule has 0 aromatic rings. The summed E-state index contributed by atoms with van der Waals surface area (Å²) in [7, 11) is 0. The molecule has 0 radical (unpaired) electrons. The maximum absolute atomic E-state index is 10.1. The van der Waals surface area contributed by atoms with Gasteiger partial charge < -0.3 is 20.1 Å². The van der Waals surface area contributed by atoms with Gasteiger partial charge in [-0.25, -0.2) is 0 Å². The number of hydrogen-bond acceptors (Lipinski definition) is 4. The van der Waals surface area contributed by atoms with E-state index in [0.717, 1.165) is 0 Å². The molecule has 0 aliphatic heterocycles. The summed E-state index contributed by atoms with van der Waals surface area (Å²) in [5, 5.41) is 25.5. The first-order chi connectivity index (χ1) is 4.75. The quantitative estimate of drug-likeness (QED) is 0.376. The Morgan fingerprint density at radius 1 is 1.88 bits per heavy atom. The Balaban J connectivity index is 4.67. The summed E-state index contributed by atoms with van der Waals surface area (Å²) in [6, 6.07) is 0. The van der Waals surface area contributed by atoms with Crippen LogP contribution in [0.5, 0.6) is 0 Å². The van der Waals surface area contributed by atoms with Gasteiger partial charge in [0.25, 0.3) is 0 Å². The highest BCUT2D eigenvalue weighted by Crippen LogP contribution is 1.85. The Labute approximate surface area is 50.6 Å². The lowest BCUT2D eigenvalue weighted by atomic mass is 10.2. The second-order valence-corrected chi connectivity index (χ2v) is 1.06. The number of hydrogen-bond donors (Lipinski definition) is 3. The molecule has 3 N–H and O–H groups in total. The highest BCUT2D eigenvalue weighted by Gasteiger charge is 2.12. The second-order valence-electron chi connectivity index (χ2n) is 1.06. The largest absolute Gasteiger partial charge is 0.394 e. The molecule has 0 bridgehead atoms. The third-order valence-electron chi connectivity index (χ3n) is 0.520. The van der Waals surface area contributed by atoms with Gasteiger partial charge in [0.05, 0.1) is 9.35 Å². The average molecular weight is 123 g/mol. The molecule has 0 aliphatic rings. The summed E-state index contributed by atoms with van der Waals surface area (Å²) in [5.41, 5.74) is 0. The lowest BCUT2D eigenvalue weighted by molar-refractivity contribution is -0.121. The molecule has 0 heterocycles. The number of aldehydes is 1. The van der Waals surface area contributed by atoms with Crippen LogP contribution in [0.15, 0.2) is 0 Å². The Morgan fingerprint density at radius 3 is 2.50 bits per heavy atom. The van der Waals surface area contributed by atoms with Gasteiger partial charge in [-0.2, -0.15) is 0 Å². The van der Waals surface area contributed by atoms with E-state index >= 15 is 0 Å². The summed E-state index contributed by atoms with van der Waals surface area (Å²) < 4.78 is 19.5. The van der Waals surface area contributed by atoms with Crippen molar-refractivity contribution in [1.82, 2.24) is 0 Å². The van der Waals surface area contributed by atoms with Gasteiger partial charge in [-0.1, -0.05) is 0 Å². The van der Waals surface area contributed by atoms with Crippen LogP contribution in [0.2, 0.25) is 0 Å². The van der Waals surface area contributed by atoms with E-state index in [9.17, 15) is 4.79 Å². The van der Waals surface area contributed by atoms with E-state index in [1.165, 1.54) is 0 Å². The summed E-state index contributed by atoms with van der Waals surface area (Å²) in [6.45, 7) is -1.29. The van der Waals surface area contributed by atoms with E-state index in [-0.39, 0.29) is 0 Å². The summed E-state index contributed by atoms with van der Waals surface area (Å²) in [4.78, 5) is 10.1. The van der Waals surface area contributed by atoms with E-state index in [2.05, 4.69) is 0 Å². The first-order valence-corrected chi connectivity index (χ1v) is 1.82. The first kappa shape index (κ1) is 3.55. The summed E-state index contributed by atoms with van der Waals surface area (Å²) in [5.74, 6) is 0. The molecule has 8 heavy (non-hydrogen) atoms. The molecule has 0 fully saturated rings. The van der Waals surface area contributed by atoms with Crippen molar-refractivity contribution in [3.63, 3.8) is 0 Å². The monoisotopic (exact) mass is 123 g/mol. The average Bonchev–Trinajstić information content (AvgIpc) is 1.87. The number of carbonyl (C=O) groups excluding carboxylic acids is 1. The van der Waals surface area contributed by atoms with Crippen LogP contribution in [0.4, 0.5) is 0 Å². The Kier molecular flexibility index (Phi) is 1.57. The van der Waals surface area contributed by atoms with Gasteiger partial charge in [0, 0.05) is 0 Å². The highest BCUT2D eigenvalue weighted by atomic mass is 16.4. The molecule has 0 amide bonds. The summed E-state index contributed by atoms with van der Waals surface area (Å²) in [6.07, 6.45) is -8.20. The molecular formula is C4H8O4. The van der Waals surface area contributed by atoms with Crippen molar-refractivity contribution < 1.29 is 24.2 Å². The van der Waals surface area contributed by atoms with Crippen molar-refractivity contribution in [2.45, 2.75) is 12.2 Å². The van der Waals surface area contributed by atoms with E-state index < -0.39 is 25.0 Å². The van der Waals surface area contributed by atoms with Crippen LogP contribution in [-0.4, -0.2) is 40.3 Å². The third kappa shape index (κ3) is 2.02.